The lowest BCUT2D eigenvalue weighted by Gasteiger charge is -2.13. The van der Waals surface area contributed by atoms with Gasteiger partial charge >= 0.3 is 11.9 Å². The van der Waals surface area contributed by atoms with Crippen molar-refractivity contribution >= 4 is 11.9 Å². The van der Waals surface area contributed by atoms with Gasteiger partial charge in [-0.15, -0.1) is 0 Å². The Kier molecular flexibility index (Phi) is 34.7. The summed E-state index contributed by atoms with van der Waals surface area (Å²) >= 11 is 0. The van der Waals surface area contributed by atoms with Gasteiger partial charge in [-0.2, -0.15) is 0 Å². The Morgan fingerprint density at radius 3 is 1.36 bits per heavy atom. The number of hydrogen-bond donors (Lipinski definition) is 0. The second-order valence-corrected chi connectivity index (χ2v) is 12.5. The third kappa shape index (κ3) is 36.2. The first-order valence-electron chi connectivity index (χ1n) is 18.9. The lowest BCUT2D eigenvalue weighted by Crippen LogP contribution is -2.22. The monoisotopic (exact) mass is 628 g/mol. The van der Waals surface area contributed by atoms with Gasteiger partial charge < -0.3 is 9.47 Å². The molecule has 1 atom stereocenters. The van der Waals surface area contributed by atoms with Gasteiger partial charge in [-0.05, 0) is 58.3 Å². The van der Waals surface area contributed by atoms with Crippen molar-refractivity contribution in [3.63, 3.8) is 0 Å². The van der Waals surface area contributed by atoms with Crippen LogP contribution in [0.4, 0.5) is 0 Å². The Labute approximate surface area is 279 Å². The zero-order valence-corrected chi connectivity index (χ0v) is 29.6. The smallest absolute Gasteiger partial charge is 0.306 e. The molecule has 0 aromatic heterocycles. The van der Waals surface area contributed by atoms with Crippen LogP contribution in [0.5, 0.6) is 0 Å². The third-order valence-electron chi connectivity index (χ3n) is 7.92. The average molecular weight is 628 g/mol. The zero-order valence-electron chi connectivity index (χ0n) is 29.6. The molecule has 0 aromatic carbocycles. The van der Waals surface area contributed by atoms with Crippen LogP contribution in [0.25, 0.3) is 0 Å². The molecule has 0 saturated heterocycles. The molecule has 0 fully saturated rings. The summed E-state index contributed by atoms with van der Waals surface area (Å²) in [5, 5.41) is 0. The van der Waals surface area contributed by atoms with Crippen molar-refractivity contribution < 1.29 is 19.1 Å². The van der Waals surface area contributed by atoms with Crippen molar-refractivity contribution in [2.75, 3.05) is 6.61 Å². The van der Waals surface area contributed by atoms with E-state index in [0.717, 1.165) is 44.9 Å². The van der Waals surface area contributed by atoms with Crippen LogP contribution in [-0.2, 0) is 19.1 Å². The standard InChI is InChI=1S/C41H71O4/c1-4-6-8-10-12-14-16-18-20-21-23-25-27-29-31-33-35-37-41(43)45-39(3)38-44-40(42)36-34-32-30-28-26-24-22-19-17-15-13-11-9-7-5-2/h12,14,18,20,23,25,29,31,39H,3-11,13,15-17,19,21-22,24,26-28,30,32-38H2,1-2H3/b14-12-,20-18-,25-23-,31-29-/t39-/m1/s1. The molecule has 4 nitrogen and oxygen atoms in total. The number of carbonyl (C=O) groups excluding carboxylic acids is 2. The molecule has 45 heavy (non-hydrogen) atoms. The SMILES string of the molecule is [CH2][C@H](COC(=O)CCCCCCCCCCCCCCCCC)OC(=O)CCC/C=C\C/C=C\C/C=C\C/C=C\CCCCC. The van der Waals surface area contributed by atoms with Crippen molar-refractivity contribution in [1.82, 2.24) is 0 Å². The minimum Gasteiger partial charge on any atom is -0.462 e. The summed E-state index contributed by atoms with van der Waals surface area (Å²) in [6, 6.07) is 0. The summed E-state index contributed by atoms with van der Waals surface area (Å²) in [5.41, 5.74) is 0. The van der Waals surface area contributed by atoms with Gasteiger partial charge in [-0.1, -0.05) is 165 Å². The van der Waals surface area contributed by atoms with E-state index in [9.17, 15) is 9.59 Å². The van der Waals surface area contributed by atoms with Crippen LogP contribution in [0.15, 0.2) is 48.6 Å². The predicted octanol–water partition coefficient (Wildman–Crippen LogP) is 12.7. The first-order valence-corrected chi connectivity index (χ1v) is 18.9. The molecule has 0 aliphatic rings. The number of allylic oxidation sites excluding steroid dienone is 8. The molecule has 0 saturated carbocycles. The van der Waals surface area contributed by atoms with Crippen LogP contribution in [0.2, 0.25) is 0 Å². The molecule has 0 bridgehead atoms. The number of carbonyl (C=O) groups is 2. The molecular formula is C41H71O4. The van der Waals surface area contributed by atoms with E-state index in [0.29, 0.717) is 12.8 Å². The van der Waals surface area contributed by atoms with Crippen LogP contribution >= 0.6 is 0 Å². The highest BCUT2D eigenvalue weighted by molar-refractivity contribution is 5.70. The molecule has 0 rings (SSSR count). The number of ether oxygens (including phenoxy) is 2. The van der Waals surface area contributed by atoms with Crippen LogP contribution < -0.4 is 0 Å². The summed E-state index contributed by atoms with van der Waals surface area (Å²) in [6.45, 7) is 8.34. The second kappa shape index (κ2) is 36.4. The van der Waals surface area contributed by atoms with E-state index in [4.69, 9.17) is 9.47 Å². The van der Waals surface area contributed by atoms with Gasteiger partial charge in [-0.3, -0.25) is 9.59 Å². The van der Waals surface area contributed by atoms with Gasteiger partial charge in [0.15, 0.2) is 0 Å². The molecule has 0 N–H and O–H groups in total. The predicted molar refractivity (Wildman–Crippen MR) is 194 cm³/mol. The Morgan fingerprint density at radius 1 is 0.489 bits per heavy atom. The summed E-state index contributed by atoms with van der Waals surface area (Å²) in [6.07, 6.45) is 46.8. The van der Waals surface area contributed by atoms with E-state index in [2.05, 4.69) is 69.4 Å². The second-order valence-electron chi connectivity index (χ2n) is 12.5. The average Bonchev–Trinajstić information content (AvgIpc) is 3.03. The van der Waals surface area contributed by atoms with Crippen LogP contribution in [0.1, 0.15) is 181 Å². The third-order valence-corrected chi connectivity index (χ3v) is 7.92. The van der Waals surface area contributed by atoms with Crippen molar-refractivity contribution in [1.29, 1.82) is 0 Å². The highest BCUT2D eigenvalue weighted by atomic mass is 16.6. The molecule has 0 aliphatic heterocycles. The molecule has 0 heterocycles. The summed E-state index contributed by atoms with van der Waals surface area (Å²) in [5.74, 6) is -0.515. The first kappa shape index (κ1) is 42.9. The van der Waals surface area contributed by atoms with Gasteiger partial charge in [0.05, 0.1) is 0 Å². The Balaban J connectivity index is 3.55. The maximum Gasteiger partial charge on any atom is 0.306 e. The number of hydrogen-bond acceptors (Lipinski definition) is 4. The van der Waals surface area contributed by atoms with Gasteiger partial charge in [0.25, 0.3) is 0 Å². The molecule has 0 aromatic rings. The molecule has 0 amide bonds. The van der Waals surface area contributed by atoms with Crippen molar-refractivity contribution in [3.05, 3.63) is 55.5 Å². The van der Waals surface area contributed by atoms with Gasteiger partial charge in [0.1, 0.15) is 12.7 Å². The van der Waals surface area contributed by atoms with E-state index in [1.807, 2.05) is 0 Å². The van der Waals surface area contributed by atoms with Gasteiger partial charge in [0.2, 0.25) is 0 Å². The summed E-state index contributed by atoms with van der Waals surface area (Å²) in [7, 11) is 0. The Morgan fingerprint density at radius 2 is 0.867 bits per heavy atom. The number of rotatable bonds is 33. The quantitative estimate of drug-likeness (QED) is 0.0413. The normalized spacial score (nSPS) is 12.7. The van der Waals surface area contributed by atoms with Crippen molar-refractivity contribution in [2.45, 2.75) is 187 Å². The fraction of sp³-hybridized carbons (Fsp3) is 0.732. The molecule has 4 heteroatoms. The van der Waals surface area contributed by atoms with Crippen molar-refractivity contribution in [2.24, 2.45) is 0 Å². The van der Waals surface area contributed by atoms with Gasteiger partial charge in [0, 0.05) is 12.8 Å². The van der Waals surface area contributed by atoms with Crippen LogP contribution in [0, 0.1) is 6.92 Å². The molecule has 0 aliphatic carbocycles. The van der Waals surface area contributed by atoms with Crippen molar-refractivity contribution in [3.8, 4) is 0 Å². The Bertz CT molecular complexity index is 763. The molecular weight excluding hydrogens is 556 g/mol. The van der Waals surface area contributed by atoms with Gasteiger partial charge in [-0.25, -0.2) is 0 Å². The largest absolute Gasteiger partial charge is 0.462 e. The lowest BCUT2D eigenvalue weighted by atomic mass is 10.0. The molecule has 0 unspecified atom stereocenters. The maximum atomic E-state index is 12.0. The van der Waals surface area contributed by atoms with Crippen LogP contribution in [-0.4, -0.2) is 24.6 Å². The number of unbranched alkanes of at least 4 members (excludes halogenated alkanes) is 18. The zero-order chi connectivity index (χ0) is 32.9. The fourth-order valence-corrected chi connectivity index (χ4v) is 5.10. The summed E-state index contributed by atoms with van der Waals surface area (Å²) < 4.78 is 10.5. The van der Waals surface area contributed by atoms with E-state index < -0.39 is 6.10 Å². The fourth-order valence-electron chi connectivity index (χ4n) is 5.10. The first-order chi connectivity index (χ1) is 22.1. The van der Waals surface area contributed by atoms with Crippen LogP contribution in [0.3, 0.4) is 0 Å². The minimum absolute atomic E-state index is 0.0283. The highest BCUT2D eigenvalue weighted by Gasteiger charge is 2.12. The molecule has 1 radical (unpaired) electrons. The highest BCUT2D eigenvalue weighted by Crippen LogP contribution is 2.14. The van der Waals surface area contributed by atoms with E-state index in [-0.39, 0.29) is 18.5 Å². The van der Waals surface area contributed by atoms with E-state index >= 15 is 0 Å². The summed E-state index contributed by atoms with van der Waals surface area (Å²) in [4.78, 5) is 24.0. The maximum absolute atomic E-state index is 12.0. The topological polar surface area (TPSA) is 52.6 Å². The van der Waals surface area contributed by atoms with E-state index in [1.165, 1.54) is 109 Å². The lowest BCUT2D eigenvalue weighted by molar-refractivity contribution is -0.156. The molecule has 259 valence electrons. The van der Waals surface area contributed by atoms with E-state index in [1.54, 1.807) is 0 Å². The molecule has 0 spiro atoms. The Hall–Kier alpha value is -2.10. The number of esters is 2. The minimum atomic E-state index is -0.654.